The zero-order chi connectivity index (χ0) is 13.6. The minimum atomic E-state index is -3.40. The number of nitrogens with one attached hydrogen (secondary N) is 2. The number of anilines is 1. The quantitative estimate of drug-likeness (QED) is 0.747. The molecule has 1 aromatic rings. The van der Waals surface area contributed by atoms with Gasteiger partial charge in [-0.05, 0) is 48.0 Å². The third-order valence-corrected chi connectivity index (χ3v) is 4.55. The van der Waals surface area contributed by atoms with Gasteiger partial charge in [0.05, 0.1) is 5.25 Å². The van der Waals surface area contributed by atoms with Crippen LogP contribution in [-0.2, 0) is 10.0 Å². The third kappa shape index (κ3) is 4.91. The predicted octanol–water partition coefficient (Wildman–Crippen LogP) is 1.97. The summed E-state index contributed by atoms with van der Waals surface area (Å²) in [7, 11) is -3.40. The van der Waals surface area contributed by atoms with Crippen LogP contribution in [0.5, 0.6) is 0 Å². The van der Waals surface area contributed by atoms with Crippen LogP contribution < -0.4 is 10.0 Å². The number of aromatic nitrogens is 1. The summed E-state index contributed by atoms with van der Waals surface area (Å²) in [6.07, 6.45) is 2.53. The topological polar surface area (TPSA) is 71.1 Å². The molecule has 0 saturated heterocycles. The Hall–Kier alpha value is -0.660. The Morgan fingerprint density at radius 1 is 1.44 bits per heavy atom. The Balaban J connectivity index is 2.60. The average Bonchev–Trinajstić information content (AvgIpc) is 2.32. The molecule has 1 heterocycles. The van der Waals surface area contributed by atoms with E-state index >= 15 is 0 Å². The van der Waals surface area contributed by atoms with Gasteiger partial charge in [0.1, 0.15) is 5.82 Å². The molecule has 1 rings (SSSR count). The van der Waals surface area contributed by atoms with Crippen molar-refractivity contribution in [1.82, 2.24) is 10.3 Å². The zero-order valence-corrected chi connectivity index (χ0v) is 12.9. The van der Waals surface area contributed by atoms with Gasteiger partial charge in [-0.15, -0.1) is 0 Å². The first-order valence-corrected chi connectivity index (χ1v) is 8.13. The van der Waals surface area contributed by atoms with Gasteiger partial charge in [0.15, 0.2) is 0 Å². The van der Waals surface area contributed by atoms with Gasteiger partial charge in [-0.25, -0.2) is 13.4 Å². The number of halogens is 1. The first-order valence-electron chi connectivity index (χ1n) is 5.79. The molecule has 0 fully saturated rings. The second-order valence-corrected chi connectivity index (χ2v) is 7.04. The summed E-state index contributed by atoms with van der Waals surface area (Å²) in [6.45, 7) is 4.95. The minimum absolute atomic E-state index is 0.334. The molecule has 7 heteroatoms. The van der Waals surface area contributed by atoms with Crippen molar-refractivity contribution in [3.05, 3.63) is 22.8 Å². The first-order chi connectivity index (χ1) is 8.45. The Labute approximate surface area is 117 Å². The molecule has 18 heavy (non-hydrogen) atoms. The number of hydrogen-bond donors (Lipinski definition) is 2. The van der Waals surface area contributed by atoms with E-state index in [0.29, 0.717) is 12.4 Å². The van der Waals surface area contributed by atoms with Crippen LogP contribution in [0.25, 0.3) is 0 Å². The molecule has 2 N–H and O–H groups in total. The molecule has 0 aromatic carbocycles. The second kappa shape index (κ2) is 7.06. The Bertz CT molecular complexity index is 462. The van der Waals surface area contributed by atoms with Gasteiger partial charge in [-0.3, -0.25) is 4.72 Å². The molecule has 0 aliphatic heterocycles. The van der Waals surface area contributed by atoms with E-state index in [0.717, 1.165) is 17.4 Å². The average molecular weight is 336 g/mol. The highest BCUT2D eigenvalue weighted by Crippen LogP contribution is 2.13. The van der Waals surface area contributed by atoms with Crippen molar-refractivity contribution in [1.29, 1.82) is 0 Å². The van der Waals surface area contributed by atoms with Crippen molar-refractivity contribution in [3.8, 4) is 0 Å². The van der Waals surface area contributed by atoms with Crippen LogP contribution in [0.3, 0.4) is 0 Å². The molecule has 1 unspecified atom stereocenters. The molecule has 5 nitrogen and oxygen atoms in total. The van der Waals surface area contributed by atoms with Gasteiger partial charge in [0.25, 0.3) is 0 Å². The van der Waals surface area contributed by atoms with Crippen LogP contribution in [0.4, 0.5) is 5.82 Å². The van der Waals surface area contributed by atoms with Crippen LogP contribution >= 0.6 is 15.9 Å². The molecule has 0 aliphatic rings. The standard InChI is InChI=1S/C11H18BrN3O2S/c1-3-6-13-7-9(2)18(16,17)15-11-5-4-10(12)8-14-11/h4-5,8-9,13H,3,6-7H2,1-2H3,(H,14,15). The van der Waals surface area contributed by atoms with E-state index in [1.807, 2.05) is 6.92 Å². The Kier molecular flexibility index (Phi) is 6.04. The van der Waals surface area contributed by atoms with Crippen LogP contribution in [0.1, 0.15) is 20.3 Å². The van der Waals surface area contributed by atoms with Crippen molar-refractivity contribution in [2.24, 2.45) is 0 Å². The maximum Gasteiger partial charge on any atom is 0.237 e. The molecular weight excluding hydrogens is 318 g/mol. The number of rotatable bonds is 7. The van der Waals surface area contributed by atoms with E-state index in [1.54, 1.807) is 25.3 Å². The highest BCUT2D eigenvalue weighted by atomic mass is 79.9. The SMILES string of the molecule is CCCNCC(C)S(=O)(=O)Nc1ccc(Br)cn1. The van der Waals surface area contributed by atoms with E-state index in [4.69, 9.17) is 0 Å². The molecule has 0 bridgehead atoms. The van der Waals surface area contributed by atoms with Crippen LogP contribution in [-0.4, -0.2) is 31.7 Å². The molecule has 102 valence electrons. The van der Waals surface area contributed by atoms with E-state index in [9.17, 15) is 8.42 Å². The summed E-state index contributed by atoms with van der Waals surface area (Å²) in [6, 6.07) is 3.36. The zero-order valence-electron chi connectivity index (χ0n) is 10.5. The van der Waals surface area contributed by atoms with Crippen molar-refractivity contribution in [2.75, 3.05) is 17.8 Å². The van der Waals surface area contributed by atoms with E-state index in [-0.39, 0.29) is 0 Å². The van der Waals surface area contributed by atoms with Crippen molar-refractivity contribution < 1.29 is 8.42 Å². The normalized spacial score (nSPS) is 13.3. The maximum atomic E-state index is 12.0. The largest absolute Gasteiger partial charge is 0.315 e. The number of pyridine rings is 1. The van der Waals surface area contributed by atoms with Crippen LogP contribution in [0.15, 0.2) is 22.8 Å². The first kappa shape index (κ1) is 15.4. The number of sulfonamides is 1. The summed E-state index contributed by atoms with van der Waals surface area (Å²) in [5.41, 5.74) is 0. The summed E-state index contributed by atoms with van der Waals surface area (Å²) in [5, 5.41) is 2.58. The summed E-state index contributed by atoms with van der Waals surface area (Å²) in [5.74, 6) is 0.334. The molecule has 1 aromatic heterocycles. The fourth-order valence-electron chi connectivity index (χ4n) is 1.27. The lowest BCUT2D eigenvalue weighted by Crippen LogP contribution is -2.35. The highest BCUT2D eigenvalue weighted by Gasteiger charge is 2.20. The van der Waals surface area contributed by atoms with Gasteiger partial charge < -0.3 is 5.32 Å². The van der Waals surface area contributed by atoms with Gasteiger partial charge in [0, 0.05) is 17.2 Å². The summed E-state index contributed by atoms with van der Waals surface area (Å²) >= 11 is 3.25. The lowest BCUT2D eigenvalue weighted by atomic mass is 10.4. The number of nitrogens with zero attached hydrogens (tertiary/aromatic N) is 1. The monoisotopic (exact) mass is 335 g/mol. The molecular formula is C11H18BrN3O2S. The maximum absolute atomic E-state index is 12.0. The van der Waals surface area contributed by atoms with Crippen LogP contribution in [0.2, 0.25) is 0 Å². The fourth-order valence-corrected chi connectivity index (χ4v) is 2.46. The smallest absolute Gasteiger partial charge is 0.237 e. The summed E-state index contributed by atoms with van der Waals surface area (Å²) < 4.78 is 27.2. The van der Waals surface area contributed by atoms with Gasteiger partial charge >= 0.3 is 0 Å². The lowest BCUT2D eigenvalue weighted by Gasteiger charge is -2.14. The molecule has 0 radical (unpaired) electrons. The van der Waals surface area contributed by atoms with E-state index in [2.05, 4.69) is 31.0 Å². The van der Waals surface area contributed by atoms with Gasteiger partial charge in [-0.1, -0.05) is 6.92 Å². The molecule has 0 aliphatic carbocycles. The third-order valence-electron chi connectivity index (χ3n) is 2.36. The van der Waals surface area contributed by atoms with Crippen LogP contribution in [0, 0.1) is 0 Å². The number of hydrogen-bond acceptors (Lipinski definition) is 4. The Morgan fingerprint density at radius 2 is 2.17 bits per heavy atom. The minimum Gasteiger partial charge on any atom is -0.315 e. The van der Waals surface area contributed by atoms with E-state index in [1.165, 1.54) is 0 Å². The van der Waals surface area contributed by atoms with E-state index < -0.39 is 15.3 Å². The predicted molar refractivity (Wildman–Crippen MR) is 77.1 cm³/mol. The lowest BCUT2D eigenvalue weighted by molar-refractivity contribution is 0.575. The fraction of sp³-hybridized carbons (Fsp3) is 0.545. The van der Waals surface area contributed by atoms with Crippen molar-refractivity contribution in [2.45, 2.75) is 25.5 Å². The van der Waals surface area contributed by atoms with Crippen molar-refractivity contribution >= 4 is 31.8 Å². The van der Waals surface area contributed by atoms with Gasteiger partial charge in [0.2, 0.25) is 10.0 Å². The molecule has 0 saturated carbocycles. The molecule has 1 atom stereocenters. The van der Waals surface area contributed by atoms with Crippen molar-refractivity contribution in [3.63, 3.8) is 0 Å². The second-order valence-electron chi connectivity index (χ2n) is 4.02. The summed E-state index contributed by atoms with van der Waals surface area (Å²) in [4.78, 5) is 3.98. The Morgan fingerprint density at radius 3 is 2.72 bits per heavy atom. The molecule has 0 amide bonds. The van der Waals surface area contributed by atoms with Gasteiger partial charge in [-0.2, -0.15) is 0 Å². The highest BCUT2D eigenvalue weighted by molar-refractivity contribution is 9.10. The molecule has 0 spiro atoms.